The van der Waals surface area contributed by atoms with Gasteiger partial charge in [0.15, 0.2) is 0 Å². The lowest BCUT2D eigenvalue weighted by molar-refractivity contribution is -0.121. The molecule has 0 saturated carbocycles. The van der Waals surface area contributed by atoms with Gasteiger partial charge in [-0.25, -0.2) is 4.39 Å². The second kappa shape index (κ2) is 11.5. The van der Waals surface area contributed by atoms with Gasteiger partial charge in [-0.15, -0.1) is 12.4 Å². The predicted octanol–water partition coefficient (Wildman–Crippen LogP) is 7.24. The summed E-state index contributed by atoms with van der Waals surface area (Å²) in [5, 5.41) is 3.73. The zero-order valence-electron chi connectivity index (χ0n) is 19.2. The van der Waals surface area contributed by atoms with Gasteiger partial charge < -0.3 is 5.32 Å². The SMILES string of the molecule is CCCCC1(CCCCN2CC=C(c3cccc(Cl)c3)CC2)C(=O)Nc2cc(F)ccc21.Cl. The molecule has 2 aliphatic rings. The van der Waals surface area contributed by atoms with E-state index in [1.54, 1.807) is 0 Å². The van der Waals surface area contributed by atoms with Crippen molar-refractivity contribution in [1.29, 1.82) is 0 Å². The van der Waals surface area contributed by atoms with Gasteiger partial charge in [-0.1, -0.05) is 62.1 Å². The summed E-state index contributed by atoms with van der Waals surface area (Å²) in [6.07, 6.45) is 9.05. The maximum Gasteiger partial charge on any atom is 0.235 e. The van der Waals surface area contributed by atoms with Crippen LogP contribution in [-0.2, 0) is 10.2 Å². The van der Waals surface area contributed by atoms with Gasteiger partial charge in [0, 0.05) is 23.8 Å². The van der Waals surface area contributed by atoms with Crippen LogP contribution in [0.4, 0.5) is 10.1 Å². The predicted molar refractivity (Wildman–Crippen MR) is 138 cm³/mol. The Balaban J connectivity index is 0.00000306. The number of anilines is 1. The van der Waals surface area contributed by atoms with E-state index in [0.29, 0.717) is 5.69 Å². The van der Waals surface area contributed by atoms with E-state index in [-0.39, 0.29) is 24.1 Å². The van der Waals surface area contributed by atoms with E-state index in [1.165, 1.54) is 23.3 Å². The highest BCUT2D eigenvalue weighted by atomic mass is 35.5. The van der Waals surface area contributed by atoms with Crippen molar-refractivity contribution in [3.8, 4) is 0 Å². The van der Waals surface area contributed by atoms with Crippen LogP contribution in [0.25, 0.3) is 5.57 Å². The molecule has 0 aliphatic carbocycles. The smallest absolute Gasteiger partial charge is 0.235 e. The first-order valence-corrected chi connectivity index (χ1v) is 12.2. The zero-order valence-corrected chi connectivity index (χ0v) is 20.8. The number of hydrogen-bond acceptors (Lipinski definition) is 2. The summed E-state index contributed by atoms with van der Waals surface area (Å²) >= 11 is 6.14. The van der Waals surface area contributed by atoms with Gasteiger partial charge in [0.25, 0.3) is 0 Å². The van der Waals surface area contributed by atoms with Crippen molar-refractivity contribution in [3.63, 3.8) is 0 Å². The molecule has 0 fully saturated rings. The van der Waals surface area contributed by atoms with Crippen molar-refractivity contribution in [2.45, 2.75) is 57.3 Å². The van der Waals surface area contributed by atoms with Crippen LogP contribution in [0.5, 0.6) is 0 Å². The number of rotatable bonds is 9. The number of amides is 1. The van der Waals surface area contributed by atoms with E-state index in [9.17, 15) is 9.18 Å². The van der Waals surface area contributed by atoms with Crippen molar-refractivity contribution in [2.24, 2.45) is 0 Å². The number of unbranched alkanes of at least 4 members (excludes halogenated alkanes) is 2. The molecule has 0 bridgehead atoms. The molecule has 2 aromatic carbocycles. The van der Waals surface area contributed by atoms with Gasteiger partial charge in [0.2, 0.25) is 5.91 Å². The molecule has 0 spiro atoms. The van der Waals surface area contributed by atoms with Gasteiger partial charge >= 0.3 is 0 Å². The number of halogens is 3. The normalized spacial score (nSPS) is 20.1. The third kappa shape index (κ3) is 5.79. The fourth-order valence-electron chi connectivity index (χ4n) is 5.13. The molecular formula is C27H33Cl2FN2O. The number of hydrogen-bond donors (Lipinski definition) is 1. The molecule has 0 aromatic heterocycles. The quantitative estimate of drug-likeness (QED) is 0.375. The van der Waals surface area contributed by atoms with E-state index in [0.717, 1.165) is 75.2 Å². The highest BCUT2D eigenvalue weighted by Crippen LogP contribution is 2.45. The highest BCUT2D eigenvalue weighted by molar-refractivity contribution is 6.30. The van der Waals surface area contributed by atoms with Crippen molar-refractivity contribution in [2.75, 3.05) is 25.0 Å². The number of fused-ring (bicyclic) bond motifs is 1. The Morgan fingerprint density at radius 2 is 1.94 bits per heavy atom. The first-order chi connectivity index (χ1) is 15.5. The molecule has 2 heterocycles. The van der Waals surface area contributed by atoms with Crippen molar-refractivity contribution in [1.82, 2.24) is 4.90 Å². The lowest BCUT2D eigenvalue weighted by atomic mass is 9.73. The molecule has 6 heteroatoms. The summed E-state index contributed by atoms with van der Waals surface area (Å²) in [6.45, 7) is 5.17. The summed E-state index contributed by atoms with van der Waals surface area (Å²) in [6, 6.07) is 12.8. The third-order valence-electron chi connectivity index (χ3n) is 6.95. The molecule has 178 valence electrons. The first kappa shape index (κ1) is 25.7. The maximum atomic E-state index is 13.7. The summed E-state index contributed by atoms with van der Waals surface area (Å²) < 4.78 is 13.7. The Kier molecular flexibility index (Phi) is 8.97. The van der Waals surface area contributed by atoms with Crippen LogP contribution in [0.15, 0.2) is 48.5 Å². The summed E-state index contributed by atoms with van der Waals surface area (Å²) in [5.74, 6) is -0.260. The van der Waals surface area contributed by atoms with Crippen molar-refractivity contribution in [3.05, 3.63) is 70.5 Å². The number of nitrogens with zero attached hydrogens (tertiary/aromatic N) is 1. The molecule has 1 N–H and O–H groups in total. The van der Waals surface area contributed by atoms with Crippen LogP contribution in [0.1, 0.15) is 63.0 Å². The number of carbonyl (C=O) groups is 1. The second-order valence-electron chi connectivity index (χ2n) is 9.08. The molecule has 3 nitrogen and oxygen atoms in total. The molecular weight excluding hydrogens is 458 g/mol. The molecule has 4 rings (SSSR count). The lowest BCUT2D eigenvalue weighted by Crippen LogP contribution is -2.35. The third-order valence-corrected chi connectivity index (χ3v) is 7.19. The Morgan fingerprint density at radius 1 is 1.12 bits per heavy atom. The second-order valence-corrected chi connectivity index (χ2v) is 9.51. The fraction of sp³-hybridized carbons (Fsp3) is 0.444. The minimum absolute atomic E-state index is 0. The van der Waals surface area contributed by atoms with Crippen LogP contribution in [-0.4, -0.2) is 30.4 Å². The number of nitrogens with one attached hydrogen (secondary N) is 1. The Morgan fingerprint density at radius 3 is 2.67 bits per heavy atom. The summed E-state index contributed by atoms with van der Waals surface area (Å²) in [7, 11) is 0. The zero-order chi connectivity index (χ0) is 22.6. The molecule has 0 saturated heterocycles. The van der Waals surface area contributed by atoms with E-state index >= 15 is 0 Å². The Hall–Kier alpha value is -1.88. The molecule has 0 radical (unpaired) electrons. The minimum atomic E-state index is -0.513. The largest absolute Gasteiger partial charge is 0.325 e. The van der Waals surface area contributed by atoms with Crippen LogP contribution in [0, 0.1) is 5.82 Å². The maximum absolute atomic E-state index is 13.7. The van der Waals surface area contributed by atoms with Gasteiger partial charge in [0.05, 0.1) is 5.41 Å². The monoisotopic (exact) mass is 490 g/mol. The molecule has 2 aromatic rings. The average molecular weight is 491 g/mol. The summed E-state index contributed by atoms with van der Waals surface area (Å²) in [5.41, 5.74) is 3.71. The average Bonchev–Trinajstić information content (AvgIpc) is 3.06. The van der Waals surface area contributed by atoms with Gasteiger partial charge in [-0.2, -0.15) is 0 Å². The molecule has 1 atom stereocenters. The fourth-order valence-corrected chi connectivity index (χ4v) is 5.32. The van der Waals surface area contributed by atoms with Crippen LogP contribution in [0.2, 0.25) is 5.02 Å². The van der Waals surface area contributed by atoms with Crippen LogP contribution < -0.4 is 5.32 Å². The lowest BCUT2D eigenvalue weighted by Gasteiger charge is -2.29. The highest BCUT2D eigenvalue weighted by Gasteiger charge is 2.45. The van der Waals surface area contributed by atoms with E-state index in [1.807, 2.05) is 24.3 Å². The van der Waals surface area contributed by atoms with Gasteiger partial charge in [-0.05, 0) is 73.2 Å². The van der Waals surface area contributed by atoms with E-state index in [2.05, 4.69) is 29.3 Å². The van der Waals surface area contributed by atoms with Gasteiger partial charge in [-0.3, -0.25) is 9.69 Å². The van der Waals surface area contributed by atoms with Crippen LogP contribution in [0.3, 0.4) is 0 Å². The number of carbonyl (C=O) groups excluding carboxylic acids is 1. The van der Waals surface area contributed by atoms with Gasteiger partial charge in [0.1, 0.15) is 5.82 Å². The van der Waals surface area contributed by atoms with Crippen LogP contribution >= 0.6 is 24.0 Å². The Bertz CT molecular complexity index is 1010. The van der Waals surface area contributed by atoms with Crippen molar-refractivity contribution >= 4 is 41.2 Å². The minimum Gasteiger partial charge on any atom is -0.325 e. The first-order valence-electron chi connectivity index (χ1n) is 11.8. The van der Waals surface area contributed by atoms with E-state index < -0.39 is 5.41 Å². The molecule has 2 aliphatic heterocycles. The topological polar surface area (TPSA) is 32.3 Å². The summed E-state index contributed by atoms with van der Waals surface area (Å²) in [4.78, 5) is 15.5. The molecule has 1 unspecified atom stereocenters. The van der Waals surface area contributed by atoms with Crippen molar-refractivity contribution < 1.29 is 9.18 Å². The molecule has 1 amide bonds. The number of benzene rings is 2. The standard InChI is InChI=1S/C27H32ClFN2O.ClH/c1-2-3-13-27(24-10-9-23(29)19-25(24)30-26(27)32)14-4-5-15-31-16-11-20(12-17-31)21-7-6-8-22(28)18-21;/h6-11,18-19H,2-5,12-17H2,1H3,(H,30,32);1H. The molecule has 33 heavy (non-hydrogen) atoms. The van der Waals surface area contributed by atoms with E-state index in [4.69, 9.17) is 11.6 Å². The Labute approximate surface area is 207 Å².